The standard InChI is InChI=1S/C16H18ClNO3/c1-4-21-15(20)16(2,3)14(19)10-18-8-7-11-9-12(17)5-6-13(11)18/h5-9H,4,10H2,1-3H3. The van der Waals surface area contributed by atoms with E-state index in [9.17, 15) is 9.59 Å². The van der Waals surface area contributed by atoms with Crippen LogP contribution in [0.5, 0.6) is 0 Å². The van der Waals surface area contributed by atoms with E-state index in [1.54, 1.807) is 26.8 Å². The summed E-state index contributed by atoms with van der Waals surface area (Å²) in [6.07, 6.45) is 1.82. The van der Waals surface area contributed by atoms with Crippen molar-refractivity contribution in [2.24, 2.45) is 5.41 Å². The minimum atomic E-state index is -1.15. The number of carbonyl (C=O) groups is 2. The van der Waals surface area contributed by atoms with Crippen LogP contribution in [0.15, 0.2) is 30.5 Å². The molecule has 0 saturated heterocycles. The molecule has 1 aromatic carbocycles. The highest BCUT2D eigenvalue weighted by atomic mass is 35.5. The van der Waals surface area contributed by atoms with Gasteiger partial charge in [-0.1, -0.05) is 11.6 Å². The first-order chi connectivity index (χ1) is 9.86. The number of aromatic nitrogens is 1. The summed E-state index contributed by atoms with van der Waals surface area (Å²) in [5.74, 6) is -0.678. The Hall–Kier alpha value is -1.81. The Morgan fingerprint density at radius 3 is 2.67 bits per heavy atom. The molecule has 0 bridgehead atoms. The Morgan fingerprint density at radius 2 is 2.00 bits per heavy atom. The average Bonchev–Trinajstić information content (AvgIpc) is 2.81. The highest BCUT2D eigenvalue weighted by Crippen LogP contribution is 2.24. The molecule has 0 amide bonds. The highest BCUT2D eigenvalue weighted by molar-refractivity contribution is 6.31. The van der Waals surface area contributed by atoms with Crippen LogP contribution in [-0.2, 0) is 20.9 Å². The number of halogens is 1. The van der Waals surface area contributed by atoms with Crippen LogP contribution in [0.25, 0.3) is 10.9 Å². The lowest BCUT2D eigenvalue weighted by atomic mass is 9.88. The predicted octanol–water partition coefficient (Wildman–Crippen LogP) is 3.45. The van der Waals surface area contributed by atoms with E-state index in [0.29, 0.717) is 5.02 Å². The zero-order valence-corrected chi connectivity index (χ0v) is 13.1. The predicted molar refractivity (Wildman–Crippen MR) is 82.4 cm³/mol. The molecule has 0 fully saturated rings. The number of hydrogen-bond acceptors (Lipinski definition) is 3. The molecule has 4 nitrogen and oxygen atoms in total. The van der Waals surface area contributed by atoms with E-state index < -0.39 is 11.4 Å². The lowest BCUT2D eigenvalue weighted by Gasteiger charge is -2.21. The Labute approximate surface area is 128 Å². The van der Waals surface area contributed by atoms with Gasteiger partial charge in [-0.3, -0.25) is 9.59 Å². The molecule has 0 radical (unpaired) electrons. The molecule has 0 atom stereocenters. The molecule has 0 spiro atoms. The second kappa shape index (κ2) is 5.90. The van der Waals surface area contributed by atoms with Gasteiger partial charge in [-0.2, -0.15) is 0 Å². The lowest BCUT2D eigenvalue weighted by Crippen LogP contribution is -2.37. The third-order valence-electron chi connectivity index (χ3n) is 3.53. The summed E-state index contributed by atoms with van der Waals surface area (Å²) in [5, 5.41) is 1.61. The van der Waals surface area contributed by atoms with Crippen molar-refractivity contribution in [1.29, 1.82) is 0 Å². The van der Waals surface area contributed by atoms with Gasteiger partial charge in [-0.25, -0.2) is 0 Å². The van der Waals surface area contributed by atoms with Crippen LogP contribution in [0.4, 0.5) is 0 Å². The minimum absolute atomic E-state index is 0.122. The number of ketones is 1. The van der Waals surface area contributed by atoms with Crippen LogP contribution in [0.2, 0.25) is 5.02 Å². The minimum Gasteiger partial charge on any atom is -0.465 e. The second-order valence-corrected chi connectivity index (χ2v) is 5.85. The van der Waals surface area contributed by atoms with Gasteiger partial charge in [-0.15, -0.1) is 0 Å². The third kappa shape index (κ3) is 3.10. The highest BCUT2D eigenvalue weighted by Gasteiger charge is 2.37. The number of carbonyl (C=O) groups excluding carboxylic acids is 2. The number of fused-ring (bicyclic) bond motifs is 1. The zero-order chi connectivity index (χ0) is 15.6. The Morgan fingerprint density at radius 1 is 1.29 bits per heavy atom. The van der Waals surface area contributed by atoms with Crippen LogP contribution < -0.4 is 0 Å². The fraction of sp³-hybridized carbons (Fsp3) is 0.375. The molecular formula is C16H18ClNO3. The molecule has 0 aliphatic heterocycles. The lowest BCUT2D eigenvalue weighted by molar-refractivity contribution is -0.158. The van der Waals surface area contributed by atoms with Gasteiger partial charge in [0.05, 0.1) is 13.2 Å². The third-order valence-corrected chi connectivity index (χ3v) is 3.76. The van der Waals surface area contributed by atoms with Gasteiger partial charge in [0.15, 0.2) is 5.78 Å². The molecule has 0 aliphatic carbocycles. The van der Waals surface area contributed by atoms with E-state index >= 15 is 0 Å². The molecule has 0 N–H and O–H groups in total. The van der Waals surface area contributed by atoms with Crippen LogP contribution in [0.3, 0.4) is 0 Å². The fourth-order valence-electron chi connectivity index (χ4n) is 2.09. The summed E-state index contributed by atoms with van der Waals surface area (Å²) in [6.45, 7) is 5.30. The normalized spacial score (nSPS) is 11.6. The number of rotatable bonds is 5. The Bertz CT molecular complexity index is 688. The summed E-state index contributed by atoms with van der Waals surface area (Å²) in [7, 11) is 0. The fourth-order valence-corrected chi connectivity index (χ4v) is 2.27. The van der Waals surface area contributed by atoms with E-state index in [2.05, 4.69) is 0 Å². The van der Waals surface area contributed by atoms with Crippen LogP contribution in [0.1, 0.15) is 20.8 Å². The molecule has 21 heavy (non-hydrogen) atoms. The maximum atomic E-state index is 12.4. The van der Waals surface area contributed by atoms with Crippen molar-refractivity contribution in [2.45, 2.75) is 27.3 Å². The molecule has 0 aliphatic rings. The van der Waals surface area contributed by atoms with Gasteiger partial charge in [-0.05, 0) is 45.0 Å². The molecule has 0 unspecified atom stereocenters. The van der Waals surface area contributed by atoms with Gasteiger partial charge in [0.25, 0.3) is 0 Å². The zero-order valence-electron chi connectivity index (χ0n) is 12.4. The first-order valence-electron chi connectivity index (χ1n) is 6.81. The van der Waals surface area contributed by atoms with Crippen molar-refractivity contribution in [2.75, 3.05) is 6.61 Å². The van der Waals surface area contributed by atoms with Crippen molar-refractivity contribution < 1.29 is 14.3 Å². The number of Topliss-reactive ketones (excluding diaryl/α,β-unsaturated/α-hetero) is 1. The van der Waals surface area contributed by atoms with E-state index in [4.69, 9.17) is 16.3 Å². The number of esters is 1. The molecule has 2 aromatic rings. The monoisotopic (exact) mass is 307 g/mol. The van der Waals surface area contributed by atoms with Gasteiger partial charge in [0.1, 0.15) is 5.41 Å². The molecule has 5 heteroatoms. The van der Waals surface area contributed by atoms with Gasteiger partial charge in [0, 0.05) is 22.1 Å². The second-order valence-electron chi connectivity index (χ2n) is 5.42. The van der Waals surface area contributed by atoms with Gasteiger partial charge in [0.2, 0.25) is 0 Å². The topological polar surface area (TPSA) is 48.3 Å². The van der Waals surface area contributed by atoms with E-state index in [0.717, 1.165) is 10.9 Å². The first-order valence-corrected chi connectivity index (χ1v) is 7.19. The van der Waals surface area contributed by atoms with Gasteiger partial charge >= 0.3 is 5.97 Å². The molecule has 1 heterocycles. The number of nitrogens with zero attached hydrogens (tertiary/aromatic N) is 1. The Kier molecular flexibility index (Phi) is 4.37. The number of benzene rings is 1. The summed E-state index contributed by atoms with van der Waals surface area (Å²) >= 11 is 5.95. The van der Waals surface area contributed by atoms with E-state index in [1.165, 1.54) is 0 Å². The molecule has 112 valence electrons. The van der Waals surface area contributed by atoms with Gasteiger partial charge < -0.3 is 9.30 Å². The molecular weight excluding hydrogens is 290 g/mol. The van der Waals surface area contributed by atoms with Crippen LogP contribution in [-0.4, -0.2) is 22.9 Å². The average molecular weight is 308 g/mol. The first kappa shape index (κ1) is 15.6. The summed E-state index contributed by atoms with van der Waals surface area (Å²) in [4.78, 5) is 24.3. The van der Waals surface area contributed by atoms with E-state index in [-0.39, 0.29) is 18.9 Å². The summed E-state index contributed by atoms with van der Waals surface area (Å²) in [5.41, 5.74) is -0.244. The van der Waals surface area contributed by atoms with Crippen LogP contribution in [0, 0.1) is 5.41 Å². The van der Waals surface area contributed by atoms with Crippen molar-refractivity contribution in [3.8, 4) is 0 Å². The maximum absolute atomic E-state index is 12.4. The molecule has 0 saturated carbocycles. The van der Waals surface area contributed by atoms with Crippen molar-refractivity contribution in [1.82, 2.24) is 4.57 Å². The quantitative estimate of drug-likeness (QED) is 0.628. The Balaban J connectivity index is 2.23. The van der Waals surface area contributed by atoms with E-state index in [1.807, 2.05) is 29.0 Å². The molecule has 2 rings (SSSR count). The van der Waals surface area contributed by atoms with Crippen molar-refractivity contribution in [3.63, 3.8) is 0 Å². The number of ether oxygens (including phenoxy) is 1. The summed E-state index contributed by atoms with van der Waals surface area (Å²) in [6, 6.07) is 7.38. The number of hydrogen-bond donors (Lipinski definition) is 0. The smallest absolute Gasteiger partial charge is 0.319 e. The molecule has 1 aromatic heterocycles. The van der Waals surface area contributed by atoms with Crippen molar-refractivity contribution >= 4 is 34.3 Å². The summed E-state index contributed by atoms with van der Waals surface area (Å²) < 4.78 is 6.78. The van der Waals surface area contributed by atoms with Crippen LogP contribution >= 0.6 is 11.6 Å². The SMILES string of the molecule is CCOC(=O)C(C)(C)C(=O)Cn1ccc2cc(Cl)ccc21. The van der Waals surface area contributed by atoms with Crippen molar-refractivity contribution in [3.05, 3.63) is 35.5 Å². The maximum Gasteiger partial charge on any atom is 0.319 e. The largest absolute Gasteiger partial charge is 0.465 e.